The Bertz CT molecular complexity index is 648. The number of ether oxygens (including phenoxy) is 1. The molecule has 0 aliphatic carbocycles. The van der Waals surface area contributed by atoms with E-state index < -0.39 is 0 Å². The number of amides is 1. The van der Waals surface area contributed by atoms with Crippen molar-refractivity contribution in [2.45, 2.75) is 38.8 Å². The molecule has 0 spiro atoms. The highest BCUT2D eigenvalue weighted by molar-refractivity contribution is 5.77. The van der Waals surface area contributed by atoms with Gasteiger partial charge in [0.2, 0.25) is 5.91 Å². The van der Waals surface area contributed by atoms with E-state index in [1.165, 1.54) is 5.56 Å². The van der Waals surface area contributed by atoms with Crippen LogP contribution in [0.2, 0.25) is 0 Å². The lowest BCUT2D eigenvalue weighted by Crippen LogP contribution is -2.56. The van der Waals surface area contributed by atoms with Crippen LogP contribution < -0.4 is 4.74 Å². The zero-order valence-electron chi connectivity index (χ0n) is 13.7. The predicted octanol–water partition coefficient (Wildman–Crippen LogP) is 2.69. The first-order chi connectivity index (χ1) is 11.2. The Balaban J connectivity index is 1.48. The van der Waals surface area contributed by atoms with Gasteiger partial charge in [0.25, 0.3) is 0 Å². The number of rotatable bonds is 6. The minimum absolute atomic E-state index is 0.107. The van der Waals surface area contributed by atoms with Crippen molar-refractivity contribution in [2.75, 3.05) is 13.1 Å². The fraction of sp³-hybridized carbons (Fsp3) is 0.444. The summed E-state index contributed by atoms with van der Waals surface area (Å²) in [6.07, 6.45) is 6.93. The second-order valence-electron chi connectivity index (χ2n) is 6.06. The van der Waals surface area contributed by atoms with Gasteiger partial charge in [-0.25, -0.2) is 4.98 Å². The van der Waals surface area contributed by atoms with Gasteiger partial charge < -0.3 is 14.2 Å². The topological polar surface area (TPSA) is 47.4 Å². The third-order valence-electron chi connectivity index (χ3n) is 4.35. The van der Waals surface area contributed by atoms with Crippen molar-refractivity contribution in [1.29, 1.82) is 0 Å². The Morgan fingerprint density at radius 2 is 2.17 bits per heavy atom. The van der Waals surface area contributed by atoms with Crippen LogP contribution in [-0.4, -0.2) is 39.6 Å². The molecule has 5 nitrogen and oxygen atoms in total. The van der Waals surface area contributed by atoms with Gasteiger partial charge in [-0.15, -0.1) is 0 Å². The maximum atomic E-state index is 12.3. The summed E-state index contributed by atoms with van der Waals surface area (Å²) in [4.78, 5) is 18.2. The van der Waals surface area contributed by atoms with E-state index in [0.717, 1.165) is 12.2 Å². The molecule has 0 radical (unpaired) electrons. The van der Waals surface area contributed by atoms with E-state index in [-0.39, 0.29) is 18.1 Å². The Morgan fingerprint density at radius 3 is 2.87 bits per heavy atom. The van der Waals surface area contributed by atoms with E-state index >= 15 is 0 Å². The normalized spacial score (nSPS) is 16.0. The van der Waals surface area contributed by atoms with Gasteiger partial charge in [0, 0.05) is 24.9 Å². The number of aromatic nitrogens is 2. The molecule has 1 aromatic carbocycles. The third-order valence-corrected chi connectivity index (χ3v) is 4.35. The fourth-order valence-corrected chi connectivity index (χ4v) is 2.82. The molecule has 1 aromatic heterocycles. The average molecular weight is 313 g/mol. The average Bonchev–Trinajstić information content (AvgIpc) is 3.05. The second-order valence-corrected chi connectivity index (χ2v) is 6.06. The summed E-state index contributed by atoms with van der Waals surface area (Å²) < 4.78 is 7.98. The molecule has 1 unspecified atom stereocenters. The highest BCUT2D eigenvalue weighted by Crippen LogP contribution is 2.24. The van der Waals surface area contributed by atoms with Crippen LogP contribution in [0.1, 0.15) is 31.9 Å². The maximum Gasteiger partial charge on any atom is 0.224 e. The van der Waals surface area contributed by atoms with Gasteiger partial charge in [0.15, 0.2) is 0 Å². The lowest BCUT2D eigenvalue weighted by molar-refractivity contribution is -0.140. The van der Waals surface area contributed by atoms with Crippen LogP contribution in [0.15, 0.2) is 43.0 Å². The number of benzene rings is 1. The van der Waals surface area contributed by atoms with Crippen LogP contribution in [-0.2, 0) is 11.2 Å². The van der Waals surface area contributed by atoms with Crippen molar-refractivity contribution in [3.05, 3.63) is 48.5 Å². The predicted molar refractivity (Wildman–Crippen MR) is 88.4 cm³/mol. The number of hydrogen-bond acceptors (Lipinski definition) is 3. The first kappa shape index (κ1) is 15.6. The monoisotopic (exact) mass is 313 g/mol. The molecule has 1 aliphatic heterocycles. The van der Waals surface area contributed by atoms with Crippen molar-refractivity contribution >= 4 is 5.91 Å². The minimum atomic E-state index is 0.107. The molecule has 1 saturated heterocycles. The number of hydrogen-bond donors (Lipinski definition) is 0. The Labute approximate surface area is 136 Å². The van der Waals surface area contributed by atoms with Crippen molar-refractivity contribution in [2.24, 2.45) is 0 Å². The van der Waals surface area contributed by atoms with Crippen LogP contribution in [0.3, 0.4) is 0 Å². The van der Waals surface area contributed by atoms with Crippen molar-refractivity contribution < 1.29 is 9.53 Å². The number of nitrogens with zero attached hydrogens (tertiary/aromatic N) is 3. The number of carbonyl (C=O) groups is 1. The number of para-hydroxylation sites is 1. The summed E-state index contributed by atoms with van der Waals surface area (Å²) in [6, 6.07) is 8.24. The summed E-state index contributed by atoms with van der Waals surface area (Å²) in [5, 5.41) is 0. The van der Waals surface area contributed by atoms with Gasteiger partial charge in [0.1, 0.15) is 11.9 Å². The number of likely N-dealkylation sites (tertiary alicyclic amines) is 1. The zero-order valence-corrected chi connectivity index (χ0v) is 13.7. The number of carbonyl (C=O) groups excluding carboxylic acids is 1. The lowest BCUT2D eigenvalue weighted by atomic mass is 10.1. The van der Waals surface area contributed by atoms with Crippen molar-refractivity contribution in [3.63, 3.8) is 0 Å². The summed E-state index contributed by atoms with van der Waals surface area (Å²) in [5.74, 6) is 1.12. The number of imidazole rings is 1. The molecule has 1 aliphatic rings. The van der Waals surface area contributed by atoms with Crippen LogP contribution in [0.25, 0.3) is 0 Å². The van der Waals surface area contributed by atoms with Crippen molar-refractivity contribution in [1.82, 2.24) is 14.5 Å². The summed E-state index contributed by atoms with van der Waals surface area (Å²) in [5.41, 5.74) is 1.21. The largest absolute Gasteiger partial charge is 0.486 e. The molecule has 3 rings (SSSR count). The first-order valence-corrected chi connectivity index (χ1v) is 8.17. The number of aryl methyl sites for hydroxylation is 1. The van der Waals surface area contributed by atoms with E-state index in [0.29, 0.717) is 19.5 Å². The Kier molecular flexibility index (Phi) is 4.65. The molecule has 1 atom stereocenters. The first-order valence-electron chi connectivity index (χ1n) is 8.17. The molecule has 5 heteroatoms. The molecule has 0 saturated carbocycles. The maximum absolute atomic E-state index is 12.3. The molecule has 0 N–H and O–H groups in total. The van der Waals surface area contributed by atoms with E-state index in [9.17, 15) is 4.79 Å². The molecule has 2 aromatic rings. The van der Waals surface area contributed by atoms with Crippen LogP contribution in [0.4, 0.5) is 0 Å². The second kappa shape index (κ2) is 6.86. The smallest absolute Gasteiger partial charge is 0.224 e. The molecule has 1 amide bonds. The van der Waals surface area contributed by atoms with E-state index in [4.69, 9.17) is 4.74 Å². The van der Waals surface area contributed by atoms with Crippen LogP contribution in [0.5, 0.6) is 5.75 Å². The van der Waals surface area contributed by atoms with Gasteiger partial charge in [-0.2, -0.15) is 0 Å². The molecule has 1 fully saturated rings. The molecule has 2 heterocycles. The van der Waals surface area contributed by atoms with Gasteiger partial charge in [-0.1, -0.05) is 25.1 Å². The summed E-state index contributed by atoms with van der Waals surface area (Å²) >= 11 is 0. The molecule has 23 heavy (non-hydrogen) atoms. The third kappa shape index (κ3) is 3.55. The fourth-order valence-electron chi connectivity index (χ4n) is 2.82. The Morgan fingerprint density at radius 1 is 1.39 bits per heavy atom. The van der Waals surface area contributed by atoms with Gasteiger partial charge in [-0.3, -0.25) is 4.79 Å². The quantitative estimate of drug-likeness (QED) is 0.824. The van der Waals surface area contributed by atoms with Gasteiger partial charge in [-0.05, 0) is 25.0 Å². The standard InChI is InChI=1S/C18H23N3O2/c1-3-15-6-4-5-7-17(15)23-16-11-21(12-16)18(22)10-14(2)20-9-8-19-13-20/h4-9,13-14,16H,3,10-12H2,1-2H3. The minimum Gasteiger partial charge on any atom is -0.486 e. The van der Waals surface area contributed by atoms with E-state index in [1.807, 2.05) is 40.8 Å². The van der Waals surface area contributed by atoms with Crippen molar-refractivity contribution in [3.8, 4) is 5.75 Å². The summed E-state index contributed by atoms with van der Waals surface area (Å²) in [7, 11) is 0. The van der Waals surface area contributed by atoms with Gasteiger partial charge >= 0.3 is 0 Å². The molecular formula is C18H23N3O2. The molecular weight excluding hydrogens is 290 g/mol. The highest BCUT2D eigenvalue weighted by Gasteiger charge is 2.33. The van der Waals surface area contributed by atoms with E-state index in [1.54, 1.807) is 12.5 Å². The van der Waals surface area contributed by atoms with E-state index in [2.05, 4.69) is 18.0 Å². The van der Waals surface area contributed by atoms with Crippen LogP contribution >= 0.6 is 0 Å². The zero-order chi connectivity index (χ0) is 16.2. The molecule has 122 valence electrons. The Hall–Kier alpha value is -2.30. The summed E-state index contributed by atoms with van der Waals surface area (Å²) in [6.45, 7) is 5.50. The van der Waals surface area contributed by atoms with Gasteiger partial charge in [0.05, 0.1) is 19.4 Å². The highest BCUT2D eigenvalue weighted by atomic mass is 16.5. The SMILES string of the molecule is CCc1ccccc1OC1CN(C(=O)CC(C)n2ccnc2)C1. The van der Waals surface area contributed by atoms with Crippen LogP contribution in [0, 0.1) is 0 Å². The lowest BCUT2D eigenvalue weighted by Gasteiger charge is -2.39. The molecule has 0 bridgehead atoms.